The van der Waals surface area contributed by atoms with Gasteiger partial charge in [0.15, 0.2) is 0 Å². The molecule has 146 valence electrons. The number of carbonyl (C=O) groups is 1. The van der Waals surface area contributed by atoms with E-state index in [4.69, 9.17) is 0 Å². The van der Waals surface area contributed by atoms with Crippen LogP contribution in [0.3, 0.4) is 0 Å². The molecule has 0 aromatic carbocycles. The number of anilines is 1. The highest BCUT2D eigenvalue weighted by Gasteiger charge is 2.42. The van der Waals surface area contributed by atoms with Crippen molar-refractivity contribution in [2.75, 3.05) is 24.5 Å². The number of likely N-dealkylation sites (tertiary alicyclic amines) is 1. The molecule has 6 nitrogen and oxygen atoms in total. The molecule has 2 aromatic rings. The minimum absolute atomic E-state index is 0.164. The van der Waals surface area contributed by atoms with Crippen LogP contribution in [0.15, 0.2) is 30.7 Å². The van der Waals surface area contributed by atoms with Crippen molar-refractivity contribution in [1.29, 1.82) is 0 Å². The van der Waals surface area contributed by atoms with Crippen molar-refractivity contribution in [3.8, 4) is 0 Å². The van der Waals surface area contributed by atoms with E-state index in [0.29, 0.717) is 13.0 Å². The van der Waals surface area contributed by atoms with Crippen molar-refractivity contribution in [1.82, 2.24) is 19.9 Å². The van der Waals surface area contributed by atoms with Crippen molar-refractivity contribution >= 4 is 11.7 Å². The number of carbonyl (C=O) groups excluding carboxylic acids is 1. The summed E-state index contributed by atoms with van der Waals surface area (Å²) in [5.41, 5.74) is 3.73. The van der Waals surface area contributed by atoms with E-state index in [-0.39, 0.29) is 11.3 Å². The van der Waals surface area contributed by atoms with E-state index >= 15 is 0 Å². The summed E-state index contributed by atoms with van der Waals surface area (Å²) in [6, 6.07) is 5.92. The van der Waals surface area contributed by atoms with Crippen molar-refractivity contribution in [3.05, 3.63) is 47.7 Å². The number of aryl methyl sites for hydroxylation is 1. The zero-order chi connectivity index (χ0) is 19.0. The number of piperidine rings is 2. The molecule has 0 unspecified atom stereocenters. The van der Waals surface area contributed by atoms with Crippen LogP contribution in [0.5, 0.6) is 0 Å². The zero-order valence-corrected chi connectivity index (χ0v) is 16.3. The van der Waals surface area contributed by atoms with Crippen molar-refractivity contribution in [2.24, 2.45) is 5.41 Å². The van der Waals surface area contributed by atoms with Crippen LogP contribution in [0.25, 0.3) is 0 Å². The molecular formula is C22H27N5O. The van der Waals surface area contributed by atoms with Crippen LogP contribution in [0.1, 0.15) is 49.1 Å². The van der Waals surface area contributed by atoms with Crippen LogP contribution >= 0.6 is 0 Å². The molecule has 5 rings (SSSR count). The minimum Gasteiger partial charge on any atom is -0.356 e. The molecule has 2 fully saturated rings. The highest BCUT2D eigenvalue weighted by molar-refractivity contribution is 5.77. The lowest BCUT2D eigenvalue weighted by Crippen LogP contribution is -2.54. The van der Waals surface area contributed by atoms with Gasteiger partial charge in [0.2, 0.25) is 5.91 Å². The average molecular weight is 377 g/mol. The first-order valence-electron chi connectivity index (χ1n) is 10.5. The molecule has 0 radical (unpaired) electrons. The normalized spacial score (nSPS) is 24.6. The van der Waals surface area contributed by atoms with Crippen LogP contribution in [0, 0.1) is 5.41 Å². The smallest absolute Gasteiger partial charge is 0.222 e. The molecular weight excluding hydrogens is 350 g/mol. The van der Waals surface area contributed by atoms with Crippen LogP contribution in [0.4, 0.5) is 5.82 Å². The van der Waals surface area contributed by atoms with Gasteiger partial charge in [-0.2, -0.15) is 0 Å². The molecule has 2 aliphatic heterocycles. The summed E-state index contributed by atoms with van der Waals surface area (Å²) >= 11 is 0. The van der Waals surface area contributed by atoms with Gasteiger partial charge in [0.25, 0.3) is 0 Å². The fourth-order valence-electron chi connectivity index (χ4n) is 5.27. The quantitative estimate of drug-likeness (QED) is 0.823. The van der Waals surface area contributed by atoms with E-state index in [0.717, 1.165) is 56.8 Å². The predicted octanol–water partition coefficient (Wildman–Crippen LogP) is 2.77. The summed E-state index contributed by atoms with van der Waals surface area (Å²) in [4.78, 5) is 30.7. The number of amides is 1. The van der Waals surface area contributed by atoms with E-state index in [1.165, 1.54) is 24.1 Å². The van der Waals surface area contributed by atoms with Crippen LogP contribution in [0.2, 0.25) is 0 Å². The number of aromatic nitrogens is 3. The topological polar surface area (TPSA) is 62.2 Å². The first-order valence-corrected chi connectivity index (χ1v) is 10.5. The first-order chi connectivity index (χ1) is 13.7. The Hall–Kier alpha value is -2.50. The summed E-state index contributed by atoms with van der Waals surface area (Å²) in [6.45, 7) is 3.48. The van der Waals surface area contributed by atoms with Crippen molar-refractivity contribution < 1.29 is 4.79 Å². The third-order valence-electron chi connectivity index (χ3n) is 6.64. The van der Waals surface area contributed by atoms with E-state index in [1.54, 1.807) is 12.5 Å². The molecule has 28 heavy (non-hydrogen) atoms. The van der Waals surface area contributed by atoms with Crippen LogP contribution < -0.4 is 4.90 Å². The molecule has 2 aromatic heterocycles. The summed E-state index contributed by atoms with van der Waals surface area (Å²) in [7, 11) is 0. The Morgan fingerprint density at radius 1 is 1.00 bits per heavy atom. The molecule has 0 bridgehead atoms. The Bertz CT molecular complexity index is 870. The van der Waals surface area contributed by atoms with Gasteiger partial charge in [0.05, 0.1) is 12.2 Å². The lowest BCUT2D eigenvalue weighted by atomic mass is 9.73. The molecule has 0 N–H and O–H groups in total. The standard InChI is InChI=1S/C22H27N5O/c28-20-8-10-22(15-27(20)13-17-5-1-2-11-23-17)9-4-12-26(14-22)21-18-6-3-7-19(18)24-16-25-21/h1-2,5,11,16H,3-4,6-10,12-15H2/t22-/m1/s1. The second kappa shape index (κ2) is 7.15. The first kappa shape index (κ1) is 17.6. The average Bonchev–Trinajstić information content (AvgIpc) is 3.21. The van der Waals surface area contributed by atoms with Gasteiger partial charge in [-0.05, 0) is 50.7 Å². The van der Waals surface area contributed by atoms with E-state index in [1.807, 2.05) is 23.1 Å². The highest BCUT2D eigenvalue weighted by Crippen LogP contribution is 2.41. The van der Waals surface area contributed by atoms with Crippen molar-refractivity contribution in [3.63, 3.8) is 0 Å². The summed E-state index contributed by atoms with van der Waals surface area (Å²) in [5, 5.41) is 0. The number of pyridine rings is 1. The van der Waals surface area contributed by atoms with Gasteiger partial charge in [-0.1, -0.05) is 6.07 Å². The largest absolute Gasteiger partial charge is 0.356 e. The molecule has 0 saturated carbocycles. The maximum absolute atomic E-state index is 12.6. The Kier molecular flexibility index (Phi) is 4.49. The van der Waals surface area contributed by atoms with Gasteiger partial charge >= 0.3 is 0 Å². The molecule has 1 spiro atoms. The minimum atomic E-state index is 0.164. The second-order valence-electron chi connectivity index (χ2n) is 8.57. The fraction of sp³-hybridized carbons (Fsp3) is 0.545. The summed E-state index contributed by atoms with van der Waals surface area (Å²) < 4.78 is 0. The van der Waals surface area contributed by atoms with Crippen LogP contribution in [-0.2, 0) is 24.2 Å². The Balaban J connectivity index is 1.36. The number of hydrogen-bond donors (Lipinski definition) is 0. The Morgan fingerprint density at radius 2 is 1.96 bits per heavy atom. The number of rotatable bonds is 3. The maximum atomic E-state index is 12.6. The summed E-state index contributed by atoms with van der Waals surface area (Å²) in [5.74, 6) is 1.41. The molecule has 1 amide bonds. The molecule has 4 heterocycles. The van der Waals surface area contributed by atoms with Gasteiger partial charge < -0.3 is 9.80 Å². The molecule has 1 aliphatic carbocycles. The number of nitrogens with zero attached hydrogens (tertiary/aromatic N) is 5. The fourth-order valence-corrected chi connectivity index (χ4v) is 5.27. The predicted molar refractivity (Wildman–Crippen MR) is 107 cm³/mol. The van der Waals surface area contributed by atoms with Gasteiger partial charge in [0.1, 0.15) is 12.1 Å². The Morgan fingerprint density at radius 3 is 2.86 bits per heavy atom. The van der Waals surface area contributed by atoms with Gasteiger partial charge in [-0.25, -0.2) is 9.97 Å². The van der Waals surface area contributed by atoms with Gasteiger partial charge in [-0.3, -0.25) is 9.78 Å². The summed E-state index contributed by atoms with van der Waals surface area (Å²) in [6.07, 6.45) is 10.9. The zero-order valence-electron chi connectivity index (χ0n) is 16.3. The number of fused-ring (bicyclic) bond motifs is 1. The second-order valence-corrected chi connectivity index (χ2v) is 8.57. The van der Waals surface area contributed by atoms with E-state index < -0.39 is 0 Å². The molecule has 2 saturated heterocycles. The third kappa shape index (κ3) is 3.25. The lowest BCUT2D eigenvalue weighted by molar-refractivity contribution is -0.138. The third-order valence-corrected chi connectivity index (χ3v) is 6.64. The van der Waals surface area contributed by atoms with Crippen LogP contribution in [-0.4, -0.2) is 45.4 Å². The van der Waals surface area contributed by atoms with E-state index in [2.05, 4.69) is 19.9 Å². The molecule has 6 heteroatoms. The monoisotopic (exact) mass is 377 g/mol. The van der Waals surface area contributed by atoms with Gasteiger partial charge in [0, 0.05) is 48.9 Å². The highest BCUT2D eigenvalue weighted by atomic mass is 16.2. The maximum Gasteiger partial charge on any atom is 0.222 e. The van der Waals surface area contributed by atoms with Crippen molar-refractivity contribution in [2.45, 2.75) is 51.5 Å². The lowest BCUT2D eigenvalue weighted by Gasteiger charge is -2.48. The van der Waals surface area contributed by atoms with Gasteiger partial charge in [-0.15, -0.1) is 0 Å². The SMILES string of the molecule is O=C1CC[C@@]2(CCCN(c3ncnc4c3CCC4)C2)CN1Cc1ccccn1. The van der Waals surface area contributed by atoms with E-state index in [9.17, 15) is 4.79 Å². The Labute approximate surface area is 166 Å². The molecule has 3 aliphatic rings. The number of hydrogen-bond acceptors (Lipinski definition) is 5. The molecule has 1 atom stereocenters.